The van der Waals surface area contributed by atoms with Crippen molar-refractivity contribution in [2.24, 2.45) is 0 Å². The molecule has 4 nitrogen and oxygen atoms in total. The van der Waals surface area contributed by atoms with E-state index in [0.717, 1.165) is 31.7 Å². The smallest absolute Gasteiger partial charge is 0.216 e. The van der Waals surface area contributed by atoms with Crippen LogP contribution in [0, 0.1) is 0 Å². The van der Waals surface area contributed by atoms with E-state index in [-0.39, 0.29) is 5.91 Å². The van der Waals surface area contributed by atoms with Crippen LogP contribution in [0.15, 0.2) is 24.3 Å². The average Bonchev–Trinajstić information content (AvgIpc) is 2.91. The molecule has 21 heavy (non-hydrogen) atoms. The molecule has 1 aliphatic rings. The Hall–Kier alpha value is -1.46. The molecular formula is C16H21N3OS. The number of likely N-dealkylation sites (tertiary alicyclic amines) is 1. The predicted molar refractivity (Wildman–Crippen MR) is 86.7 cm³/mol. The largest absolute Gasteiger partial charge is 0.355 e. The SMILES string of the molecule is CC(=O)NCCN1CCC[C@H](c2nc3ccccc3s2)C1. The Morgan fingerprint density at radius 2 is 2.33 bits per heavy atom. The van der Waals surface area contributed by atoms with Gasteiger partial charge in [-0.15, -0.1) is 11.3 Å². The second-order valence-electron chi connectivity index (χ2n) is 5.64. The number of hydrogen-bond donors (Lipinski definition) is 1. The van der Waals surface area contributed by atoms with E-state index in [4.69, 9.17) is 4.98 Å². The summed E-state index contributed by atoms with van der Waals surface area (Å²) in [5, 5.41) is 4.14. The number of benzene rings is 1. The number of carbonyl (C=O) groups excluding carboxylic acids is 1. The maximum absolute atomic E-state index is 10.9. The number of aromatic nitrogens is 1. The van der Waals surface area contributed by atoms with Crippen LogP contribution in [0.3, 0.4) is 0 Å². The van der Waals surface area contributed by atoms with Gasteiger partial charge in [-0.1, -0.05) is 12.1 Å². The van der Waals surface area contributed by atoms with Crippen molar-refractivity contribution in [3.8, 4) is 0 Å². The first-order valence-corrected chi connectivity index (χ1v) is 8.36. The molecule has 1 amide bonds. The summed E-state index contributed by atoms with van der Waals surface area (Å²) in [6, 6.07) is 8.36. The van der Waals surface area contributed by atoms with Crippen molar-refractivity contribution >= 4 is 27.5 Å². The Morgan fingerprint density at radius 3 is 3.14 bits per heavy atom. The minimum atomic E-state index is 0.0507. The summed E-state index contributed by atoms with van der Waals surface area (Å²) < 4.78 is 1.28. The number of carbonyl (C=O) groups is 1. The zero-order valence-electron chi connectivity index (χ0n) is 12.3. The molecule has 1 aliphatic heterocycles. The van der Waals surface area contributed by atoms with E-state index >= 15 is 0 Å². The number of piperidine rings is 1. The van der Waals surface area contributed by atoms with Gasteiger partial charge in [0.15, 0.2) is 0 Å². The third-order valence-electron chi connectivity index (χ3n) is 3.97. The molecule has 2 heterocycles. The standard InChI is InChI=1S/C16H21N3OS/c1-12(20)17-8-10-19-9-4-5-13(11-19)16-18-14-6-2-3-7-15(14)21-16/h2-3,6-7,13H,4-5,8-11H2,1H3,(H,17,20)/t13-/m0/s1. The minimum Gasteiger partial charge on any atom is -0.355 e. The first kappa shape index (κ1) is 14.5. The van der Waals surface area contributed by atoms with Crippen LogP contribution in [0.4, 0.5) is 0 Å². The summed E-state index contributed by atoms with van der Waals surface area (Å²) in [6.07, 6.45) is 2.43. The Balaban J connectivity index is 1.63. The molecule has 0 radical (unpaired) electrons. The first-order valence-electron chi connectivity index (χ1n) is 7.54. The zero-order valence-corrected chi connectivity index (χ0v) is 13.2. The molecule has 0 aliphatic carbocycles. The van der Waals surface area contributed by atoms with Crippen molar-refractivity contribution < 1.29 is 4.79 Å². The van der Waals surface area contributed by atoms with Crippen LogP contribution in [-0.2, 0) is 4.79 Å². The Bertz CT molecular complexity index is 592. The maximum Gasteiger partial charge on any atom is 0.216 e. The quantitative estimate of drug-likeness (QED) is 0.944. The molecule has 1 saturated heterocycles. The van der Waals surface area contributed by atoms with Crippen molar-refractivity contribution in [3.63, 3.8) is 0 Å². The molecule has 112 valence electrons. The van der Waals surface area contributed by atoms with Crippen LogP contribution >= 0.6 is 11.3 Å². The normalized spacial score (nSPS) is 19.8. The summed E-state index contributed by atoms with van der Waals surface area (Å²) in [7, 11) is 0. The van der Waals surface area contributed by atoms with Crippen molar-refractivity contribution in [1.29, 1.82) is 0 Å². The van der Waals surface area contributed by atoms with E-state index < -0.39 is 0 Å². The zero-order chi connectivity index (χ0) is 14.7. The van der Waals surface area contributed by atoms with Gasteiger partial charge in [-0.3, -0.25) is 4.79 Å². The Kier molecular flexibility index (Phi) is 4.51. The van der Waals surface area contributed by atoms with Gasteiger partial charge in [-0.2, -0.15) is 0 Å². The molecule has 0 bridgehead atoms. The third-order valence-corrected chi connectivity index (χ3v) is 5.17. The monoisotopic (exact) mass is 303 g/mol. The van der Waals surface area contributed by atoms with E-state index in [2.05, 4.69) is 28.4 Å². The van der Waals surface area contributed by atoms with Gasteiger partial charge >= 0.3 is 0 Å². The average molecular weight is 303 g/mol. The molecule has 1 aromatic heterocycles. The molecule has 3 rings (SSSR count). The Morgan fingerprint density at radius 1 is 1.48 bits per heavy atom. The maximum atomic E-state index is 10.9. The fraction of sp³-hybridized carbons (Fsp3) is 0.500. The minimum absolute atomic E-state index is 0.0507. The number of nitrogens with one attached hydrogen (secondary N) is 1. The highest BCUT2D eigenvalue weighted by Crippen LogP contribution is 2.32. The topological polar surface area (TPSA) is 45.2 Å². The number of hydrogen-bond acceptors (Lipinski definition) is 4. The van der Waals surface area contributed by atoms with Gasteiger partial charge in [0.1, 0.15) is 0 Å². The van der Waals surface area contributed by atoms with Crippen LogP contribution < -0.4 is 5.32 Å². The molecule has 0 saturated carbocycles. The predicted octanol–water partition coefficient (Wildman–Crippen LogP) is 2.61. The van der Waals surface area contributed by atoms with Crippen LogP contribution in [0.5, 0.6) is 0 Å². The van der Waals surface area contributed by atoms with Crippen molar-refractivity contribution in [3.05, 3.63) is 29.3 Å². The fourth-order valence-corrected chi connectivity index (χ4v) is 4.01. The molecule has 0 spiro atoms. The number of para-hydroxylation sites is 1. The van der Waals surface area contributed by atoms with Crippen molar-refractivity contribution in [2.75, 3.05) is 26.2 Å². The molecule has 1 fully saturated rings. The van der Waals surface area contributed by atoms with Crippen LogP contribution in [0.1, 0.15) is 30.7 Å². The van der Waals surface area contributed by atoms with Gasteiger partial charge < -0.3 is 10.2 Å². The van der Waals surface area contributed by atoms with E-state index in [9.17, 15) is 4.79 Å². The highest BCUT2D eigenvalue weighted by Gasteiger charge is 2.23. The van der Waals surface area contributed by atoms with Crippen molar-refractivity contribution in [1.82, 2.24) is 15.2 Å². The van der Waals surface area contributed by atoms with Gasteiger partial charge in [-0.25, -0.2) is 4.98 Å². The summed E-state index contributed by atoms with van der Waals surface area (Å²) in [5.41, 5.74) is 1.12. The lowest BCUT2D eigenvalue weighted by atomic mass is 9.99. The summed E-state index contributed by atoms with van der Waals surface area (Å²) in [6.45, 7) is 5.42. The summed E-state index contributed by atoms with van der Waals surface area (Å²) in [4.78, 5) is 18.2. The summed E-state index contributed by atoms with van der Waals surface area (Å²) in [5.74, 6) is 0.586. The fourth-order valence-electron chi connectivity index (χ4n) is 2.91. The lowest BCUT2D eigenvalue weighted by Crippen LogP contribution is -2.39. The highest BCUT2D eigenvalue weighted by atomic mass is 32.1. The van der Waals surface area contributed by atoms with Gasteiger partial charge in [0.2, 0.25) is 5.91 Å². The van der Waals surface area contributed by atoms with E-state index in [1.165, 1.54) is 22.5 Å². The second kappa shape index (κ2) is 6.54. The number of amides is 1. The van der Waals surface area contributed by atoms with Crippen LogP contribution in [-0.4, -0.2) is 42.0 Å². The molecule has 0 unspecified atom stereocenters. The molecule has 2 aromatic rings. The molecular weight excluding hydrogens is 282 g/mol. The number of rotatable bonds is 4. The highest BCUT2D eigenvalue weighted by molar-refractivity contribution is 7.18. The third kappa shape index (κ3) is 3.60. The number of fused-ring (bicyclic) bond motifs is 1. The number of nitrogens with zero attached hydrogens (tertiary/aromatic N) is 2. The Labute approximate surface area is 129 Å². The van der Waals surface area contributed by atoms with E-state index in [1.54, 1.807) is 6.92 Å². The lowest BCUT2D eigenvalue weighted by Gasteiger charge is -2.31. The van der Waals surface area contributed by atoms with Crippen molar-refractivity contribution in [2.45, 2.75) is 25.7 Å². The number of thiazole rings is 1. The van der Waals surface area contributed by atoms with Crippen LogP contribution in [0.2, 0.25) is 0 Å². The van der Waals surface area contributed by atoms with Gasteiger partial charge in [0.05, 0.1) is 15.2 Å². The molecule has 1 N–H and O–H groups in total. The van der Waals surface area contributed by atoms with Gasteiger partial charge in [-0.05, 0) is 31.5 Å². The van der Waals surface area contributed by atoms with E-state index in [1.807, 2.05) is 17.4 Å². The van der Waals surface area contributed by atoms with E-state index in [0.29, 0.717) is 5.92 Å². The van der Waals surface area contributed by atoms with Crippen LogP contribution in [0.25, 0.3) is 10.2 Å². The second-order valence-corrected chi connectivity index (χ2v) is 6.70. The lowest BCUT2D eigenvalue weighted by molar-refractivity contribution is -0.119. The first-order chi connectivity index (χ1) is 10.2. The van der Waals surface area contributed by atoms with Gasteiger partial charge in [0.25, 0.3) is 0 Å². The molecule has 1 atom stereocenters. The summed E-state index contributed by atoms with van der Waals surface area (Å²) >= 11 is 1.83. The molecule has 5 heteroatoms. The molecule has 1 aromatic carbocycles. The van der Waals surface area contributed by atoms with Gasteiger partial charge in [0, 0.05) is 32.5 Å².